The van der Waals surface area contributed by atoms with Crippen molar-refractivity contribution in [3.05, 3.63) is 88.9 Å². The van der Waals surface area contributed by atoms with E-state index in [1.54, 1.807) is 55.5 Å². The predicted octanol–water partition coefficient (Wildman–Crippen LogP) is 6.93. The molecule has 3 aromatic rings. The Labute approximate surface area is 187 Å². The van der Waals surface area contributed by atoms with Gasteiger partial charge >= 0.3 is 6.18 Å². The Morgan fingerprint density at radius 1 is 0.969 bits per heavy atom. The zero-order valence-electron chi connectivity index (χ0n) is 16.8. The summed E-state index contributed by atoms with van der Waals surface area (Å²) in [6.45, 7) is 1.63. The Kier molecular flexibility index (Phi) is 6.75. The molecule has 0 fully saturated rings. The van der Waals surface area contributed by atoms with Gasteiger partial charge in [0, 0.05) is 18.1 Å². The van der Waals surface area contributed by atoms with E-state index in [1.807, 2.05) is 6.07 Å². The summed E-state index contributed by atoms with van der Waals surface area (Å²) in [7, 11) is 0. The van der Waals surface area contributed by atoms with E-state index in [4.69, 9.17) is 21.1 Å². The van der Waals surface area contributed by atoms with Crippen LogP contribution in [0.2, 0.25) is 5.02 Å². The fourth-order valence-electron chi connectivity index (χ4n) is 3.01. The standard InChI is InChI=1S/C24H17ClF3NO3/c1-2-22(30)23(15-29,16-7-4-3-5-8-16)32-19-10-6-9-18(14-19)31-21-12-11-17(13-20(21)25)24(26,27)28/h3-14H,2H2,1H3. The van der Waals surface area contributed by atoms with Gasteiger partial charge in [0.25, 0.3) is 5.60 Å². The van der Waals surface area contributed by atoms with Crippen LogP contribution in [0.25, 0.3) is 0 Å². The summed E-state index contributed by atoms with van der Waals surface area (Å²) < 4.78 is 50.0. The van der Waals surface area contributed by atoms with Crippen molar-refractivity contribution in [3.8, 4) is 23.3 Å². The quantitative estimate of drug-likeness (QED) is 0.384. The first kappa shape index (κ1) is 23.2. The minimum atomic E-state index is -4.53. The molecule has 0 aliphatic rings. The van der Waals surface area contributed by atoms with Crippen LogP contribution in [0, 0.1) is 11.3 Å². The Morgan fingerprint density at radius 3 is 2.25 bits per heavy atom. The summed E-state index contributed by atoms with van der Waals surface area (Å²) >= 11 is 5.95. The lowest BCUT2D eigenvalue weighted by atomic mass is 9.89. The minimum Gasteiger partial charge on any atom is -0.461 e. The number of nitrogens with zero attached hydrogens (tertiary/aromatic N) is 1. The van der Waals surface area contributed by atoms with E-state index in [2.05, 4.69) is 0 Å². The van der Waals surface area contributed by atoms with Crippen LogP contribution < -0.4 is 9.47 Å². The van der Waals surface area contributed by atoms with Gasteiger partial charge in [-0.15, -0.1) is 0 Å². The highest BCUT2D eigenvalue weighted by Gasteiger charge is 2.42. The van der Waals surface area contributed by atoms with Crippen molar-refractivity contribution in [2.24, 2.45) is 0 Å². The van der Waals surface area contributed by atoms with Crippen LogP contribution in [-0.2, 0) is 16.6 Å². The highest BCUT2D eigenvalue weighted by atomic mass is 35.5. The Hall–Kier alpha value is -3.50. The van der Waals surface area contributed by atoms with Crippen LogP contribution >= 0.6 is 11.6 Å². The van der Waals surface area contributed by atoms with Crippen LogP contribution in [0.3, 0.4) is 0 Å². The third-order valence-electron chi connectivity index (χ3n) is 4.62. The molecule has 4 nitrogen and oxygen atoms in total. The minimum absolute atomic E-state index is 0.0102. The maximum absolute atomic E-state index is 12.8. The maximum atomic E-state index is 12.8. The second kappa shape index (κ2) is 9.33. The number of Topliss-reactive ketones (excluding diaryl/α,β-unsaturated/α-hetero) is 1. The van der Waals surface area contributed by atoms with Gasteiger partial charge in [-0.25, -0.2) is 0 Å². The number of ether oxygens (including phenoxy) is 2. The smallest absolute Gasteiger partial charge is 0.416 e. The van der Waals surface area contributed by atoms with Crippen molar-refractivity contribution < 1.29 is 27.4 Å². The number of hydrogen-bond donors (Lipinski definition) is 0. The lowest BCUT2D eigenvalue weighted by Crippen LogP contribution is -2.40. The van der Waals surface area contributed by atoms with Gasteiger partial charge in [0.2, 0.25) is 0 Å². The van der Waals surface area contributed by atoms with E-state index in [-0.39, 0.29) is 28.7 Å². The monoisotopic (exact) mass is 459 g/mol. The molecule has 0 aliphatic carbocycles. The number of benzene rings is 3. The highest BCUT2D eigenvalue weighted by Crippen LogP contribution is 2.38. The summed E-state index contributed by atoms with van der Waals surface area (Å²) in [5, 5.41) is 9.67. The molecule has 8 heteroatoms. The molecular formula is C24H17ClF3NO3. The van der Waals surface area contributed by atoms with Crippen molar-refractivity contribution >= 4 is 17.4 Å². The number of carbonyl (C=O) groups excluding carboxylic acids is 1. The first-order chi connectivity index (χ1) is 15.2. The zero-order valence-corrected chi connectivity index (χ0v) is 17.6. The number of rotatable bonds is 7. The summed E-state index contributed by atoms with van der Waals surface area (Å²) in [6.07, 6.45) is -4.46. The van der Waals surface area contributed by atoms with Crippen LogP contribution in [0.1, 0.15) is 24.5 Å². The topological polar surface area (TPSA) is 59.3 Å². The summed E-state index contributed by atoms with van der Waals surface area (Å²) in [5.74, 6) is -0.0508. The molecule has 0 saturated carbocycles. The SMILES string of the molecule is CCC(=O)C(C#N)(Oc1cccc(Oc2ccc(C(F)(F)F)cc2Cl)c1)c1ccccc1. The first-order valence-electron chi connectivity index (χ1n) is 9.53. The Balaban J connectivity index is 1.92. The molecule has 1 atom stereocenters. The molecule has 164 valence electrons. The normalized spacial score (nSPS) is 13.0. The zero-order chi connectivity index (χ0) is 23.4. The number of halogens is 4. The molecule has 32 heavy (non-hydrogen) atoms. The van der Waals surface area contributed by atoms with Crippen molar-refractivity contribution in [2.45, 2.75) is 25.1 Å². The second-order valence-corrected chi connectivity index (χ2v) is 7.16. The molecule has 3 rings (SSSR count). The van der Waals surface area contributed by atoms with E-state index in [0.29, 0.717) is 5.56 Å². The van der Waals surface area contributed by atoms with Gasteiger partial charge < -0.3 is 9.47 Å². The van der Waals surface area contributed by atoms with Gasteiger partial charge in [-0.3, -0.25) is 4.79 Å². The molecule has 0 N–H and O–H groups in total. The van der Waals surface area contributed by atoms with E-state index in [9.17, 15) is 23.2 Å². The van der Waals surface area contributed by atoms with Gasteiger partial charge in [0.15, 0.2) is 5.78 Å². The molecule has 3 aromatic carbocycles. The predicted molar refractivity (Wildman–Crippen MR) is 113 cm³/mol. The molecule has 0 saturated heterocycles. The molecule has 0 spiro atoms. The lowest BCUT2D eigenvalue weighted by molar-refractivity contribution is -0.137. The number of nitriles is 1. The third kappa shape index (κ3) is 4.87. The average Bonchev–Trinajstić information content (AvgIpc) is 2.78. The molecule has 0 heterocycles. The number of carbonyl (C=O) groups is 1. The van der Waals surface area contributed by atoms with E-state index in [0.717, 1.165) is 18.2 Å². The largest absolute Gasteiger partial charge is 0.461 e. The number of hydrogen-bond acceptors (Lipinski definition) is 4. The van der Waals surface area contributed by atoms with Crippen LogP contribution in [0.5, 0.6) is 17.2 Å². The summed E-state index contributed by atoms with van der Waals surface area (Å²) in [5.41, 5.74) is -2.38. The second-order valence-electron chi connectivity index (χ2n) is 6.76. The van der Waals surface area contributed by atoms with Crippen molar-refractivity contribution in [2.75, 3.05) is 0 Å². The third-order valence-corrected chi connectivity index (χ3v) is 4.91. The summed E-state index contributed by atoms with van der Waals surface area (Å²) in [6, 6.07) is 19.2. The van der Waals surface area contributed by atoms with E-state index >= 15 is 0 Å². The molecule has 0 aliphatic heterocycles. The highest BCUT2D eigenvalue weighted by molar-refractivity contribution is 6.32. The van der Waals surface area contributed by atoms with E-state index < -0.39 is 23.1 Å². The number of ketones is 1. The van der Waals surface area contributed by atoms with Gasteiger partial charge in [0.1, 0.15) is 23.3 Å². The van der Waals surface area contributed by atoms with Gasteiger partial charge in [-0.05, 0) is 30.3 Å². The van der Waals surface area contributed by atoms with Crippen LogP contribution in [0.4, 0.5) is 13.2 Å². The van der Waals surface area contributed by atoms with Crippen molar-refractivity contribution in [1.82, 2.24) is 0 Å². The summed E-state index contributed by atoms with van der Waals surface area (Å²) in [4.78, 5) is 12.7. The number of alkyl halides is 3. The Bertz CT molecular complexity index is 1160. The molecule has 0 aromatic heterocycles. The lowest BCUT2D eigenvalue weighted by Gasteiger charge is -2.26. The van der Waals surface area contributed by atoms with Gasteiger partial charge in [0.05, 0.1) is 10.6 Å². The fraction of sp³-hybridized carbons (Fsp3) is 0.167. The van der Waals surface area contributed by atoms with Gasteiger partial charge in [-0.2, -0.15) is 18.4 Å². The molecule has 1 unspecified atom stereocenters. The molecule has 0 amide bonds. The first-order valence-corrected chi connectivity index (χ1v) is 9.91. The van der Waals surface area contributed by atoms with Crippen molar-refractivity contribution in [1.29, 1.82) is 5.26 Å². The fourth-order valence-corrected chi connectivity index (χ4v) is 3.23. The average molecular weight is 460 g/mol. The van der Waals surface area contributed by atoms with E-state index in [1.165, 1.54) is 6.07 Å². The molecule has 0 bridgehead atoms. The molecule has 0 radical (unpaired) electrons. The van der Waals surface area contributed by atoms with Gasteiger partial charge in [-0.1, -0.05) is 54.9 Å². The maximum Gasteiger partial charge on any atom is 0.416 e. The Morgan fingerprint density at radius 2 is 1.66 bits per heavy atom. The van der Waals surface area contributed by atoms with Crippen LogP contribution in [-0.4, -0.2) is 5.78 Å². The molecular weight excluding hydrogens is 443 g/mol. The van der Waals surface area contributed by atoms with Crippen LogP contribution in [0.15, 0.2) is 72.8 Å². The van der Waals surface area contributed by atoms with Crippen molar-refractivity contribution in [3.63, 3.8) is 0 Å².